The smallest absolute Gasteiger partial charge is 0.157 e. The van der Waals surface area contributed by atoms with Crippen LogP contribution in [0.2, 0.25) is 0 Å². The third-order valence-corrected chi connectivity index (χ3v) is 1.69. The van der Waals surface area contributed by atoms with Gasteiger partial charge >= 0.3 is 0 Å². The van der Waals surface area contributed by atoms with E-state index < -0.39 is 24.6 Å². The maximum atomic E-state index is 9.08. The predicted octanol–water partition coefficient (Wildman–Crippen LogP) is -1.56. The summed E-state index contributed by atoms with van der Waals surface area (Å²) in [4.78, 5) is 0. The van der Waals surface area contributed by atoms with Crippen LogP contribution in [0, 0.1) is 0 Å². The van der Waals surface area contributed by atoms with Crippen molar-refractivity contribution in [3.05, 3.63) is 0 Å². The van der Waals surface area contributed by atoms with Crippen LogP contribution < -0.4 is 0 Å². The Balaban J connectivity index is 0.000000561. The van der Waals surface area contributed by atoms with Crippen LogP contribution in [-0.4, -0.2) is 52.1 Å². The molecule has 1 aliphatic rings. The molecule has 1 heterocycles. The minimum absolute atomic E-state index is 0.0888. The Bertz CT molecular complexity index is 106. The molecule has 1 fully saturated rings. The summed E-state index contributed by atoms with van der Waals surface area (Å²) >= 11 is 0. The molecule has 74 valence electrons. The van der Waals surface area contributed by atoms with E-state index in [1.165, 1.54) is 0 Å². The molecule has 5 heteroatoms. The summed E-state index contributed by atoms with van der Waals surface area (Å²) in [6, 6.07) is 0. The Kier molecular flexibility index (Phi) is 5.36. The van der Waals surface area contributed by atoms with Gasteiger partial charge < -0.3 is 25.2 Å². The zero-order chi connectivity index (χ0) is 9.72. The van der Waals surface area contributed by atoms with E-state index in [-0.39, 0.29) is 6.42 Å². The zero-order valence-electron chi connectivity index (χ0n) is 7.21. The van der Waals surface area contributed by atoms with Crippen molar-refractivity contribution in [2.75, 3.05) is 7.11 Å². The molecule has 1 rings (SSSR count). The monoisotopic (exact) mass is 180 g/mol. The van der Waals surface area contributed by atoms with Gasteiger partial charge in [-0.1, -0.05) is 0 Å². The van der Waals surface area contributed by atoms with Gasteiger partial charge in [0.25, 0.3) is 0 Å². The van der Waals surface area contributed by atoms with E-state index in [1.807, 2.05) is 0 Å². The van der Waals surface area contributed by atoms with Gasteiger partial charge in [-0.15, -0.1) is 0 Å². The summed E-state index contributed by atoms with van der Waals surface area (Å²) < 4.78 is 4.81. The third kappa shape index (κ3) is 3.04. The van der Waals surface area contributed by atoms with Crippen LogP contribution in [0.25, 0.3) is 0 Å². The van der Waals surface area contributed by atoms with E-state index in [0.29, 0.717) is 0 Å². The molecule has 1 saturated heterocycles. The fraction of sp³-hybridized carbons (Fsp3) is 1.00. The van der Waals surface area contributed by atoms with Crippen LogP contribution in [0.1, 0.15) is 13.3 Å². The maximum Gasteiger partial charge on any atom is 0.157 e. The van der Waals surface area contributed by atoms with E-state index in [4.69, 9.17) is 25.2 Å². The molecule has 1 aliphatic heterocycles. The number of ether oxygens (including phenoxy) is 1. The van der Waals surface area contributed by atoms with Crippen molar-refractivity contribution in [2.24, 2.45) is 0 Å². The number of rotatable bonds is 0. The molecule has 0 saturated carbocycles. The maximum absolute atomic E-state index is 9.08. The standard InChI is InChI=1S/C6H12O4.CH4O/c1-3-6(9)4(7)2-5(8)10-3;1-2/h3-9H,2H2,1H3;2H,1H3. The van der Waals surface area contributed by atoms with Gasteiger partial charge in [-0.05, 0) is 6.92 Å². The summed E-state index contributed by atoms with van der Waals surface area (Å²) in [6.07, 6.45) is -3.07. The van der Waals surface area contributed by atoms with Crippen LogP contribution in [-0.2, 0) is 4.74 Å². The average Bonchev–Trinajstić information content (AvgIpc) is 2.04. The SMILES string of the molecule is CC1OC(O)CC(O)C1O.CO. The first kappa shape index (κ1) is 11.8. The first-order valence-corrected chi connectivity index (χ1v) is 3.75. The fourth-order valence-electron chi connectivity index (χ4n) is 1.04. The molecule has 0 aromatic carbocycles. The number of hydrogen-bond donors (Lipinski definition) is 4. The number of aliphatic hydroxyl groups is 4. The second-order valence-electron chi connectivity index (χ2n) is 2.59. The van der Waals surface area contributed by atoms with E-state index in [2.05, 4.69) is 0 Å². The van der Waals surface area contributed by atoms with E-state index in [0.717, 1.165) is 7.11 Å². The van der Waals surface area contributed by atoms with E-state index >= 15 is 0 Å². The van der Waals surface area contributed by atoms with Crippen molar-refractivity contribution in [2.45, 2.75) is 37.9 Å². The quantitative estimate of drug-likeness (QED) is 0.362. The molecule has 0 radical (unpaired) electrons. The van der Waals surface area contributed by atoms with Crippen LogP contribution in [0.5, 0.6) is 0 Å². The molecular formula is C7H16O5. The van der Waals surface area contributed by atoms with Crippen LogP contribution in [0.3, 0.4) is 0 Å². The first-order chi connectivity index (χ1) is 5.61. The fourth-order valence-corrected chi connectivity index (χ4v) is 1.04. The third-order valence-electron chi connectivity index (χ3n) is 1.69. The van der Waals surface area contributed by atoms with Crippen molar-refractivity contribution in [3.63, 3.8) is 0 Å². The van der Waals surface area contributed by atoms with Crippen LogP contribution >= 0.6 is 0 Å². The molecule has 0 bridgehead atoms. The van der Waals surface area contributed by atoms with Crippen molar-refractivity contribution in [1.29, 1.82) is 0 Å². The average molecular weight is 180 g/mol. The molecule has 4 unspecified atom stereocenters. The first-order valence-electron chi connectivity index (χ1n) is 3.75. The van der Waals surface area contributed by atoms with Gasteiger partial charge in [0, 0.05) is 13.5 Å². The molecule has 0 aliphatic carbocycles. The topological polar surface area (TPSA) is 90.2 Å². The summed E-state index contributed by atoms with van der Waals surface area (Å²) in [5.41, 5.74) is 0. The molecular weight excluding hydrogens is 164 g/mol. The summed E-state index contributed by atoms with van der Waals surface area (Å²) in [7, 11) is 1.00. The highest BCUT2D eigenvalue weighted by Gasteiger charge is 2.32. The van der Waals surface area contributed by atoms with Gasteiger partial charge in [0.05, 0.1) is 12.2 Å². The second-order valence-corrected chi connectivity index (χ2v) is 2.59. The lowest BCUT2D eigenvalue weighted by Crippen LogP contribution is -2.46. The van der Waals surface area contributed by atoms with Gasteiger partial charge in [0.1, 0.15) is 6.10 Å². The molecule has 5 nitrogen and oxygen atoms in total. The number of aliphatic hydroxyl groups excluding tert-OH is 4. The van der Waals surface area contributed by atoms with Gasteiger partial charge in [-0.25, -0.2) is 0 Å². The Morgan fingerprint density at radius 3 is 2.08 bits per heavy atom. The normalized spacial score (nSPS) is 41.5. The minimum atomic E-state index is -0.937. The van der Waals surface area contributed by atoms with Gasteiger partial charge in [0.15, 0.2) is 6.29 Å². The molecule has 12 heavy (non-hydrogen) atoms. The highest BCUT2D eigenvalue weighted by Crippen LogP contribution is 2.17. The lowest BCUT2D eigenvalue weighted by molar-refractivity contribution is -0.226. The van der Waals surface area contributed by atoms with E-state index in [1.54, 1.807) is 6.92 Å². The minimum Gasteiger partial charge on any atom is -0.400 e. The van der Waals surface area contributed by atoms with Crippen molar-refractivity contribution < 1.29 is 25.2 Å². The summed E-state index contributed by atoms with van der Waals surface area (Å²) in [5.74, 6) is 0. The van der Waals surface area contributed by atoms with Crippen molar-refractivity contribution in [1.82, 2.24) is 0 Å². The van der Waals surface area contributed by atoms with Crippen molar-refractivity contribution in [3.8, 4) is 0 Å². The van der Waals surface area contributed by atoms with Crippen molar-refractivity contribution >= 4 is 0 Å². The zero-order valence-corrected chi connectivity index (χ0v) is 7.21. The predicted molar refractivity (Wildman–Crippen MR) is 41.3 cm³/mol. The largest absolute Gasteiger partial charge is 0.400 e. The Labute approximate surface area is 71.2 Å². The van der Waals surface area contributed by atoms with Crippen LogP contribution in [0.4, 0.5) is 0 Å². The van der Waals surface area contributed by atoms with Gasteiger partial charge in [-0.3, -0.25) is 0 Å². The lowest BCUT2D eigenvalue weighted by atomic mass is 10.0. The summed E-state index contributed by atoms with van der Waals surface area (Å²) in [5, 5.41) is 34.0. The van der Waals surface area contributed by atoms with E-state index in [9.17, 15) is 0 Å². The molecule has 0 aromatic rings. The van der Waals surface area contributed by atoms with Crippen LogP contribution in [0.15, 0.2) is 0 Å². The molecule has 0 spiro atoms. The van der Waals surface area contributed by atoms with Gasteiger partial charge in [0.2, 0.25) is 0 Å². The summed E-state index contributed by atoms with van der Waals surface area (Å²) in [6.45, 7) is 1.61. The highest BCUT2D eigenvalue weighted by atomic mass is 16.6. The molecule has 0 aromatic heterocycles. The Morgan fingerprint density at radius 2 is 1.67 bits per heavy atom. The molecule has 4 atom stereocenters. The molecule has 0 amide bonds. The highest BCUT2D eigenvalue weighted by molar-refractivity contribution is 4.78. The van der Waals surface area contributed by atoms with Gasteiger partial charge in [-0.2, -0.15) is 0 Å². The second kappa shape index (κ2) is 5.45. The molecule has 4 N–H and O–H groups in total. The Morgan fingerprint density at radius 1 is 1.17 bits per heavy atom. The number of hydrogen-bond acceptors (Lipinski definition) is 5. The lowest BCUT2D eigenvalue weighted by Gasteiger charge is -2.32. The Hall–Kier alpha value is -0.200.